The summed E-state index contributed by atoms with van der Waals surface area (Å²) in [6.07, 6.45) is 6.52. The van der Waals surface area contributed by atoms with Crippen LogP contribution in [0.2, 0.25) is 0 Å². The number of halogens is 1. The van der Waals surface area contributed by atoms with Crippen LogP contribution in [-0.2, 0) is 0 Å². The van der Waals surface area contributed by atoms with Gasteiger partial charge in [-0.1, -0.05) is 13.8 Å². The van der Waals surface area contributed by atoms with Gasteiger partial charge >= 0.3 is 0 Å². The molecule has 1 heterocycles. The third kappa shape index (κ3) is 2.90. The molecule has 0 N–H and O–H groups in total. The van der Waals surface area contributed by atoms with Gasteiger partial charge in [0.1, 0.15) is 5.82 Å². The molecule has 0 spiro atoms. The van der Waals surface area contributed by atoms with Crippen LogP contribution in [0.25, 0.3) is 0 Å². The van der Waals surface area contributed by atoms with Gasteiger partial charge in [0.05, 0.1) is 6.20 Å². The van der Waals surface area contributed by atoms with Crippen LogP contribution in [0.1, 0.15) is 49.9 Å². The Bertz CT molecular complexity index is 418. The van der Waals surface area contributed by atoms with E-state index in [-0.39, 0.29) is 11.7 Å². The van der Waals surface area contributed by atoms with Crippen LogP contribution in [0.4, 0.5) is 4.39 Å². The Morgan fingerprint density at radius 2 is 2.00 bits per heavy atom. The van der Waals surface area contributed by atoms with Crippen molar-refractivity contribution >= 4 is 5.78 Å². The van der Waals surface area contributed by atoms with Gasteiger partial charge in [-0.25, -0.2) is 4.39 Å². The molecule has 0 unspecified atom stereocenters. The molecule has 1 aliphatic rings. The number of hydrogen-bond acceptors (Lipinski definition) is 2. The summed E-state index contributed by atoms with van der Waals surface area (Å²) in [5.74, 6) is -0.342. The van der Waals surface area contributed by atoms with Crippen LogP contribution in [0.15, 0.2) is 18.5 Å². The fourth-order valence-electron chi connectivity index (χ4n) is 2.44. The van der Waals surface area contributed by atoms with E-state index in [4.69, 9.17) is 0 Å². The summed E-state index contributed by atoms with van der Waals surface area (Å²) in [5.41, 5.74) is 0.756. The van der Waals surface area contributed by atoms with Gasteiger partial charge in [0.25, 0.3) is 0 Å². The number of Topliss-reactive ketones (excluding diaryl/α,β-unsaturated/α-hetero) is 1. The molecular weight excluding hydrogens is 217 g/mol. The summed E-state index contributed by atoms with van der Waals surface area (Å²) in [4.78, 5) is 15.9. The third-order valence-corrected chi connectivity index (χ3v) is 3.70. The van der Waals surface area contributed by atoms with E-state index < -0.39 is 5.82 Å². The smallest absolute Gasteiger partial charge is 0.167 e. The molecule has 2 rings (SSSR count). The quantitative estimate of drug-likeness (QED) is 0.733. The summed E-state index contributed by atoms with van der Waals surface area (Å²) >= 11 is 0. The molecule has 1 fully saturated rings. The average Bonchev–Trinajstić information content (AvgIpc) is 2.28. The van der Waals surface area contributed by atoms with Crippen molar-refractivity contribution in [2.75, 3.05) is 0 Å². The van der Waals surface area contributed by atoms with Gasteiger partial charge in [0.15, 0.2) is 5.78 Å². The predicted octanol–water partition coefficient (Wildman–Crippen LogP) is 3.62. The van der Waals surface area contributed by atoms with Gasteiger partial charge in [0.2, 0.25) is 0 Å². The highest BCUT2D eigenvalue weighted by Crippen LogP contribution is 2.39. The van der Waals surface area contributed by atoms with E-state index in [2.05, 4.69) is 18.8 Å². The van der Waals surface area contributed by atoms with Gasteiger partial charge in [-0.2, -0.15) is 0 Å². The lowest BCUT2D eigenvalue weighted by Crippen LogP contribution is -2.26. The topological polar surface area (TPSA) is 30.0 Å². The molecule has 1 saturated carbocycles. The Labute approximate surface area is 101 Å². The van der Waals surface area contributed by atoms with Crippen molar-refractivity contribution in [2.24, 2.45) is 11.3 Å². The van der Waals surface area contributed by atoms with Crippen LogP contribution < -0.4 is 0 Å². The van der Waals surface area contributed by atoms with Gasteiger partial charge in [0, 0.05) is 17.7 Å². The number of aromatic nitrogens is 1. The Kier molecular flexibility index (Phi) is 3.27. The summed E-state index contributed by atoms with van der Waals surface area (Å²) in [5, 5.41) is 0. The van der Waals surface area contributed by atoms with Crippen LogP contribution in [0.3, 0.4) is 0 Å². The molecule has 0 aliphatic heterocycles. The summed E-state index contributed by atoms with van der Waals surface area (Å²) in [6, 6.07) is 1.29. The fourth-order valence-corrected chi connectivity index (χ4v) is 2.44. The summed E-state index contributed by atoms with van der Waals surface area (Å²) in [6.45, 7) is 4.47. The first-order chi connectivity index (χ1) is 7.98. The lowest BCUT2D eigenvalue weighted by molar-refractivity contribution is 0.0837. The van der Waals surface area contributed by atoms with Crippen LogP contribution in [0.5, 0.6) is 0 Å². The second-order valence-corrected chi connectivity index (χ2v) is 5.69. The fraction of sp³-hybridized carbons (Fsp3) is 0.571. The molecule has 92 valence electrons. The Hall–Kier alpha value is -1.25. The van der Waals surface area contributed by atoms with Crippen molar-refractivity contribution < 1.29 is 9.18 Å². The standard InChI is InChI=1S/C14H18FNO/c1-14(2)5-3-10(4-6-14)13(17)11-7-12(15)9-16-8-11/h7-10H,3-6H2,1-2H3. The number of rotatable bonds is 2. The first-order valence-corrected chi connectivity index (χ1v) is 6.13. The second-order valence-electron chi connectivity index (χ2n) is 5.69. The van der Waals surface area contributed by atoms with Crippen LogP contribution in [-0.4, -0.2) is 10.8 Å². The Morgan fingerprint density at radius 1 is 1.35 bits per heavy atom. The number of pyridine rings is 1. The van der Waals surface area contributed by atoms with E-state index in [1.807, 2.05) is 0 Å². The summed E-state index contributed by atoms with van der Waals surface area (Å²) in [7, 11) is 0. The van der Waals surface area contributed by atoms with Crippen molar-refractivity contribution in [2.45, 2.75) is 39.5 Å². The van der Waals surface area contributed by atoms with E-state index in [1.165, 1.54) is 12.3 Å². The predicted molar refractivity (Wildman–Crippen MR) is 64.3 cm³/mol. The zero-order chi connectivity index (χ0) is 12.5. The zero-order valence-corrected chi connectivity index (χ0v) is 10.4. The largest absolute Gasteiger partial charge is 0.294 e. The van der Waals surface area contributed by atoms with Gasteiger partial charge < -0.3 is 0 Å². The number of carbonyl (C=O) groups is 1. The second kappa shape index (κ2) is 4.55. The minimum absolute atomic E-state index is 0.0478. The highest BCUT2D eigenvalue weighted by molar-refractivity contribution is 5.97. The minimum atomic E-state index is -0.438. The lowest BCUT2D eigenvalue weighted by atomic mass is 9.71. The Balaban J connectivity index is 2.07. The summed E-state index contributed by atoms with van der Waals surface area (Å²) < 4.78 is 13.0. The van der Waals surface area contributed by atoms with Gasteiger partial charge in [-0.3, -0.25) is 9.78 Å². The number of carbonyl (C=O) groups excluding carboxylic acids is 1. The van der Waals surface area contributed by atoms with E-state index in [9.17, 15) is 9.18 Å². The highest BCUT2D eigenvalue weighted by Gasteiger charge is 2.31. The molecule has 1 aromatic rings. The van der Waals surface area contributed by atoms with Crippen molar-refractivity contribution in [3.05, 3.63) is 29.8 Å². The van der Waals surface area contributed by atoms with E-state index in [0.29, 0.717) is 11.0 Å². The number of ketones is 1. The average molecular weight is 235 g/mol. The molecule has 0 saturated heterocycles. The molecule has 0 bridgehead atoms. The monoisotopic (exact) mass is 235 g/mol. The van der Waals surface area contributed by atoms with E-state index >= 15 is 0 Å². The van der Waals surface area contributed by atoms with Crippen LogP contribution in [0, 0.1) is 17.2 Å². The SMILES string of the molecule is CC1(C)CCC(C(=O)c2cncc(F)c2)CC1. The van der Waals surface area contributed by atoms with Crippen molar-refractivity contribution in [1.82, 2.24) is 4.98 Å². The molecular formula is C14H18FNO. The third-order valence-electron chi connectivity index (χ3n) is 3.70. The molecule has 0 atom stereocenters. The first kappa shape index (κ1) is 12.2. The normalized spacial score (nSPS) is 20.2. The Morgan fingerprint density at radius 3 is 2.59 bits per heavy atom. The lowest BCUT2D eigenvalue weighted by Gasteiger charge is -2.33. The molecule has 17 heavy (non-hydrogen) atoms. The minimum Gasteiger partial charge on any atom is -0.294 e. The highest BCUT2D eigenvalue weighted by atomic mass is 19.1. The number of nitrogens with zero attached hydrogens (tertiary/aromatic N) is 1. The molecule has 1 aliphatic carbocycles. The van der Waals surface area contributed by atoms with Gasteiger partial charge in [-0.15, -0.1) is 0 Å². The first-order valence-electron chi connectivity index (χ1n) is 6.13. The van der Waals surface area contributed by atoms with E-state index in [1.54, 1.807) is 0 Å². The maximum Gasteiger partial charge on any atom is 0.167 e. The number of hydrogen-bond donors (Lipinski definition) is 0. The van der Waals surface area contributed by atoms with Crippen LogP contribution >= 0.6 is 0 Å². The zero-order valence-electron chi connectivity index (χ0n) is 10.4. The van der Waals surface area contributed by atoms with Crippen molar-refractivity contribution in [3.8, 4) is 0 Å². The maximum absolute atomic E-state index is 13.0. The maximum atomic E-state index is 13.0. The molecule has 1 aromatic heterocycles. The molecule has 0 radical (unpaired) electrons. The molecule has 0 amide bonds. The molecule has 0 aromatic carbocycles. The van der Waals surface area contributed by atoms with Crippen molar-refractivity contribution in [1.29, 1.82) is 0 Å². The van der Waals surface area contributed by atoms with E-state index in [0.717, 1.165) is 31.9 Å². The van der Waals surface area contributed by atoms with Crippen molar-refractivity contribution in [3.63, 3.8) is 0 Å². The molecule has 3 heteroatoms. The molecule has 2 nitrogen and oxygen atoms in total. The van der Waals surface area contributed by atoms with Gasteiger partial charge in [-0.05, 0) is 37.2 Å².